The van der Waals surface area contributed by atoms with Gasteiger partial charge in [-0.05, 0) is 30.5 Å². The van der Waals surface area contributed by atoms with E-state index in [4.69, 9.17) is 9.47 Å². The van der Waals surface area contributed by atoms with Crippen LogP contribution in [-0.4, -0.2) is 54.6 Å². The highest BCUT2D eigenvalue weighted by molar-refractivity contribution is 5.76. The number of benzene rings is 2. The summed E-state index contributed by atoms with van der Waals surface area (Å²) in [5.41, 5.74) is 2.05. The molecule has 2 aromatic carbocycles. The number of ether oxygens (including phenoxy) is 2. The molecule has 0 saturated carbocycles. The molecule has 0 atom stereocenters. The highest BCUT2D eigenvalue weighted by Crippen LogP contribution is 2.16. The second kappa shape index (κ2) is 10.5. The first-order chi connectivity index (χ1) is 14.1. The molecule has 1 aliphatic rings. The lowest BCUT2D eigenvalue weighted by molar-refractivity contribution is -0.133. The van der Waals surface area contributed by atoms with Gasteiger partial charge in [0.1, 0.15) is 12.4 Å². The molecule has 6 nitrogen and oxygen atoms in total. The molecule has 0 unspecified atom stereocenters. The van der Waals surface area contributed by atoms with Crippen LogP contribution < -0.4 is 4.74 Å². The number of carbonyl (C=O) groups excluding carboxylic acids is 2. The van der Waals surface area contributed by atoms with Gasteiger partial charge in [0, 0.05) is 32.6 Å². The smallest absolute Gasteiger partial charge is 0.410 e. The number of aryl methyl sites for hydroxylation is 1. The molecule has 3 rings (SSSR count). The summed E-state index contributed by atoms with van der Waals surface area (Å²) >= 11 is 0. The van der Waals surface area contributed by atoms with E-state index in [0.717, 1.165) is 16.9 Å². The third-order valence-electron chi connectivity index (χ3n) is 4.98. The highest BCUT2D eigenvalue weighted by Gasteiger charge is 2.24. The highest BCUT2D eigenvalue weighted by atomic mass is 16.6. The average molecular weight is 396 g/mol. The number of carbonyl (C=O) groups is 2. The first kappa shape index (κ1) is 20.7. The summed E-state index contributed by atoms with van der Waals surface area (Å²) in [4.78, 5) is 28.1. The Hall–Kier alpha value is -3.02. The Kier molecular flexibility index (Phi) is 7.50. The third-order valence-corrected chi connectivity index (χ3v) is 4.98. The molecule has 0 N–H and O–H groups in total. The summed E-state index contributed by atoms with van der Waals surface area (Å²) in [5, 5.41) is 0. The van der Waals surface area contributed by atoms with Crippen molar-refractivity contribution in [2.75, 3.05) is 32.8 Å². The number of nitrogens with zero attached hydrogens (tertiary/aromatic N) is 2. The van der Waals surface area contributed by atoms with Gasteiger partial charge in [-0.3, -0.25) is 4.79 Å². The quantitative estimate of drug-likeness (QED) is 0.671. The van der Waals surface area contributed by atoms with Crippen LogP contribution in [-0.2, 0) is 16.1 Å². The van der Waals surface area contributed by atoms with Crippen molar-refractivity contribution < 1.29 is 19.1 Å². The zero-order chi connectivity index (χ0) is 20.5. The lowest BCUT2D eigenvalue weighted by Gasteiger charge is -2.34. The summed E-state index contributed by atoms with van der Waals surface area (Å²) < 4.78 is 11.1. The first-order valence-electron chi connectivity index (χ1n) is 10.1. The van der Waals surface area contributed by atoms with Crippen LogP contribution in [0, 0.1) is 6.92 Å². The summed E-state index contributed by atoms with van der Waals surface area (Å²) in [6.45, 7) is 4.86. The van der Waals surface area contributed by atoms with Crippen molar-refractivity contribution in [3.05, 3.63) is 65.7 Å². The SMILES string of the molecule is Cc1ccccc1OCCCC(=O)N1CCN(C(=O)OCc2ccccc2)CC1. The number of hydrogen-bond acceptors (Lipinski definition) is 4. The third kappa shape index (κ3) is 6.24. The lowest BCUT2D eigenvalue weighted by Crippen LogP contribution is -2.50. The largest absolute Gasteiger partial charge is 0.493 e. The van der Waals surface area contributed by atoms with E-state index in [9.17, 15) is 9.59 Å². The second-order valence-corrected chi connectivity index (χ2v) is 7.13. The van der Waals surface area contributed by atoms with Gasteiger partial charge >= 0.3 is 6.09 Å². The maximum absolute atomic E-state index is 12.4. The van der Waals surface area contributed by atoms with Gasteiger partial charge < -0.3 is 19.3 Å². The molecule has 1 saturated heterocycles. The fourth-order valence-electron chi connectivity index (χ4n) is 3.23. The molecule has 0 radical (unpaired) electrons. The van der Waals surface area contributed by atoms with Crippen LogP contribution in [0.3, 0.4) is 0 Å². The standard InChI is InChI=1S/C23H28N2O4/c1-19-8-5-6-11-21(19)28-17-7-12-22(26)24-13-15-25(16-14-24)23(27)29-18-20-9-3-2-4-10-20/h2-6,8-11H,7,12-18H2,1H3. The van der Waals surface area contributed by atoms with Gasteiger partial charge in [-0.25, -0.2) is 4.79 Å². The average Bonchev–Trinajstić information content (AvgIpc) is 2.77. The first-order valence-corrected chi connectivity index (χ1v) is 10.1. The van der Waals surface area contributed by atoms with Crippen molar-refractivity contribution in [1.29, 1.82) is 0 Å². The fraction of sp³-hybridized carbons (Fsp3) is 0.391. The van der Waals surface area contributed by atoms with E-state index in [0.29, 0.717) is 45.6 Å². The van der Waals surface area contributed by atoms with Crippen molar-refractivity contribution in [3.8, 4) is 5.75 Å². The number of amides is 2. The molecule has 6 heteroatoms. The minimum absolute atomic E-state index is 0.107. The normalized spacial score (nSPS) is 13.8. The van der Waals surface area contributed by atoms with Crippen LogP contribution in [0.25, 0.3) is 0 Å². The summed E-state index contributed by atoms with van der Waals surface area (Å²) in [6, 6.07) is 17.5. The monoisotopic (exact) mass is 396 g/mol. The molecule has 0 spiro atoms. The topological polar surface area (TPSA) is 59.1 Å². The van der Waals surface area contributed by atoms with Gasteiger partial charge in [0.25, 0.3) is 0 Å². The zero-order valence-corrected chi connectivity index (χ0v) is 16.9. The molecule has 29 heavy (non-hydrogen) atoms. The van der Waals surface area contributed by atoms with Gasteiger partial charge in [0.05, 0.1) is 6.61 Å². The van der Waals surface area contributed by atoms with E-state index in [1.54, 1.807) is 4.90 Å². The predicted molar refractivity (Wildman–Crippen MR) is 111 cm³/mol. The molecule has 1 heterocycles. The number of piperazine rings is 1. The van der Waals surface area contributed by atoms with Crippen molar-refractivity contribution in [3.63, 3.8) is 0 Å². The van der Waals surface area contributed by atoms with Crippen molar-refractivity contribution in [2.45, 2.75) is 26.4 Å². The van der Waals surface area contributed by atoms with Gasteiger partial charge in [-0.1, -0.05) is 48.5 Å². The van der Waals surface area contributed by atoms with Crippen molar-refractivity contribution >= 4 is 12.0 Å². The molecule has 0 aromatic heterocycles. The van der Waals surface area contributed by atoms with Crippen LogP contribution in [0.2, 0.25) is 0 Å². The fourth-order valence-corrected chi connectivity index (χ4v) is 3.23. The van der Waals surface area contributed by atoms with E-state index in [2.05, 4.69) is 0 Å². The van der Waals surface area contributed by atoms with Gasteiger partial charge in [-0.2, -0.15) is 0 Å². The lowest BCUT2D eigenvalue weighted by atomic mass is 10.2. The molecule has 1 fully saturated rings. The molecule has 2 amide bonds. The van der Waals surface area contributed by atoms with Crippen molar-refractivity contribution in [2.24, 2.45) is 0 Å². The Bertz CT molecular complexity index is 802. The molecule has 0 aliphatic carbocycles. The number of rotatable bonds is 7. The summed E-state index contributed by atoms with van der Waals surface area (Å²) in [5.74, 6) is 0.971. The Morgan fingerprint density at radius 1 is 0.897 bits per heavy atom. The number of para-hydroxylation sites is 1. The van der Waals surface area contributed by atoms with Crippen LogP contribution >= 0.6 is 0 Å². The molecule has 0 bridgehead atoms. The van der Waals surface area contributed by atoms with E-state index in [-0.39, 0.29) is 18.6 Å². The minimum atomic E-state index is -0.326. The molecule has 1 aliphatic heterocycles. The van der Waals surface area contributed by atoms with Crippen LogP contribution in [0.15, 0.2) is 54.6 Å². The molecule has 154 valence electrons. The zero-order valence-electron chi connectivity index (χ0n) is 16.9. The van der Waals surface area contributed by atoms with E-state index in [1.165, 1.54) is 0 Å². The van der Waals surface area contributed by atoms with E-state index in [1.807, 2.05) is 66.4 Å². The minimum Gasteiger partial charge on any atom is -0.493 e. The second-order valence-electron chi connectivity index (χ2n) is 7.13. The molecular weight excluding hydrogens is 368 g/mol. The van der Waals surface area contributed by atoms with Gasteiger partial charge in [-0.15, -0.1) is 0 Å². The van der Waals surface area contributed by atoms with Crippen LogP contribution in [0.4, 0.5) is 4.79 Å². The van der Waals surface area contributed by atoms with Gasteiger partial charge in [0.15, 0.2) is 0 Å². The van der Waals surface area contributed by atoms with E-state index < -0.39 is 0 Å². The van der Waals surface area contributed by atoms with Crippen LogP contribution in [0.5, 0.6) is 5.75 Å². The van der Waals surface area contributed by atoms with Crippen molar-refractivity contribution in [1.82, 2.24) is 9.80 Å². The Balaban J connectivity index is 1.32. The predicted octanol–water partition coefficient (Wildman–Crippen LogP) is 3.64. The van der Waals surface area contributed by atoms with Gasteiger partial charge in [0.2, 0.25) is 5.91 Å². The summed E-state index contributed by atoms with van der Waals surface area (Å²) in [6.07, 6.45) is 0.796. The Morgan fingerprint density at radius 3 is 2.28 bits per heavy atom. The molecule has 2 aromatic rings. The maximum atomic E-state index is 12.4. The molecular formula is C23H28N2O4. The Labute approximate surface area is 172 Å². The van der Waals surface area contributed by atoms with Crippen LogP contribution in [0.1, 0.15) is 24.0 Å². The van der Waals surface area contributed by atoms with E-state index >= 15 is 0 Å². The Morgan fingerprint density at radius 2 is 1.55 bits per heavy atom. The maximum Gasteiger partial charge on any atom is 0.410 e. The number of hydrogen-bond donors (Lipinski definition) is 0. The summed E-state index contributed by atoms with van der Waals surface area (Å²) in [7, 11) is 0.